The topological polar surface area (TPSA) is 47.6 Å². The third-order valence-corrected chi connectivity index (χ3v) is 3.70. The number of nitrogens with one attached hydrogen (secondary N) is 1. The SMILES string of the molecule is CC(C)C1(CNC(=O)OC(C)(C)C)CCOCC1. The van der Waals surface area contributed by atoms with Gasteiger partial charge in [-0.05, 0) is 44.9 Å². The predicted molar refractivity (Wildman–Crippen MR) is 71.6 cm³/mol. The molecule has 1 N–H and O–H groups in total. The smallest absolute Gasteiger partial charge is 0.407 e. The van der Waals surface area contributed by atoms with Crippen LogP contribution < -0.4 is 5.32 Å². The monoisotopic (exact) mass is 257 g/mol. The highest BCUT2D eigenvalue weighted by Gasteiger charge is 2.36. The molecule has 0 bridgehead atoms. The van der Waals surface area contributed by atoms with E-state index in [2.05, 4.69) is 19.2 Å². The molecule has 0 unspecified atom stereocenters. The van der Waals surface area contributed by atoms with E-state index in [4.69, 9.17) is 9.47 Å². The second-order valence-electron chi connectivity index (χ2n) is 6.48. The molecule has 106 valence electrons. The van der Waals surface area contributed by atoms with Crippen LogP contribution in [0.5, 0.6) is 0 Å². The molecule has 1 saturated heterocycles. The fraction of sp³-hybridized carbons (Fsp3) is 0.929. The lowest BCUT2D eigenvalue weighted by molar-refractivity contribution is -0.0125. The van der Waals surface area contributed by atoms with Crippen molar-refractivity contribution in [2.75, 3.05) is 19.8 Å². The summed E-state index contributed by atoms with van der Waals surface area (Å²) in [5, 5.41) is 2.91. The van der Waals surface area contributed by atoms with Crippen LogP contribution in [-0.4, -0.2) is 31.5 Å². The van der Waals surface area contributed by atoms with E-state index in [1.165, 1.54) is 0 Å². The minimum Gasteiger partial charge on any atom is -0.444 e. The van der Waals surface area contributed by atoms with Gasteiger partial charge in [-0.2, -0.15) is 0 Å². The molecule has 1 aliphatic rings. The van der Waals surface area contributed by atoms with E-state index >= 15 is 0 Å². The Morgan fingerprint density at radius 2 is 1.89 bits per heavy atom. The first-order valence-electron chi connectivity index (χ1n) is 6.80. The summed E-state index contributed by atoms with van der Waals surface area (Å²) in [7, 11) is 0. The number of alkyl carbamates (subject to hydrolysis) is 1. The first kappa shape index (κ1) is 15.3. The van der Waals surface area contributed by atoms with Gasteiger partial charge in [0, 0.05) is 19.8 Å². The molecule has 1 amide bonds. The van der Waals surface area contributed by atoms with Gasteiger partial charge in [-0.25, -0.2) is 4.79 Å². The molecule has 0 aromatic heterocycles. The lowest BCUT2D eigenvalue weighted by Gasteiger charge is -2.40. The average molecular weight is 257 g/mol. The lowest BCUT2D eigenvalue weighted by atomic mass is 9.71. The van der Waals surface area contributed by atoms with Gasteiger partial charge in [-0.3, -0.25) is 0 Å². The summed E-state index contributed by atoms with van der Waals surface area (Å²) in [4.78, 5) is 11.7. The molecule has 0 radical (unpaired) electrons. The normalized spacial score (nSPS) is 19.7. The highest BCUT2D eigenvalue weighted by molar-refractivity contribution is 5.67. The molecule has 4 nitrogen and oxygen atoms in total. The molecule has 0 saturated carbocycles. The Labute approximate surface area is 110 Å². The van der Waals surface area contributed by atoms with Crippen LogP contribution in [0.15, 0.2) is 0 Å². The van der Waals surface area contributed by atoms with Crippen LogP contribution in [0.2, 0.25) is 0 Å². The summed E-state index contributed by atoms with van der Waals surface area (Å²) >= 11 is 0. The zero-order valence-electron chi connectivity index (χ0n) is 12.3. The molecule has 18 heavy (non-hydrogen) atoms. The van der Waals surface area contributed by atoms with Crippen LogP contribution in [0, 0.1) is 11.3 Å². The van der Waals surface area contributed by atoms with Crippen molar-refractivity contribution in [2.24, 2.45) is 11.3 Å². The highest BCUT2D eigenvalue weighted by atomic mass is 16.6. The van der Waals surface area contributed by atoms with Crippen molar-refractivity contribution in [2.45, 2.75) is 53.1 Å². The maximum absolute atomic E-state index is 11.7. The van der Waals surface area contributed by atoms with Crippen molar-refractivity contribution < 1.29 is 14.3 Å². The summed E-state index contributed by atoms with van der Waals surface area (Å²) < 4.78 is 10.7. The minimum atomic E-state index is -0.440. The summed E-state index contributed by atoms with van der Waals surface area (Å²) in [6.45, 7) is 12.3. The van der Waals surface area contributed by atoms with Gasteiger partial charge in [-0.15, -0.1) is 0 Å². The van der Waals surface area contributed by atoms with Gasteiger partial charge in [-0.1, -0.05) is 13.8 Å². The van der Waals surface area contributed by atoms with Crippen molar-refractivity contribution in [3.8, 4) is 0 Å². The minimum absolute atomic E-state index is 0.148. The van der Waals surface area contributed by atoms with E-state index in [1.54, 1.807) is 0 Å². The Morgan fingerprint density at radius 1 is 1.33 bits per heavy atom. The molecule has 0 spiro atoms. The first-order chi connectivity index (χ1) is 8.25. The number of carbonyl (C=O) groups excluding carboxylic acids is 1. The molecular weight excluding hydrogens is 230 g/mol. The largest absolute Gasteiger partial charge is 0.444 e. The number of hydrogen-bond donors (Lipinski definition) is 1. The van der Waals surface area contributed by atoms with Crippen molar-refractivity contribution in [1.82, 2.24) is 5.32 Å². The van der Waals surface area contributed by atoms with E-state index in [-0.39, 0.29) is 11.5 Å². The summed E-state index contributed by atoms with van der Waals surface area (Å²) in [5.41, 5.74) is -0.292. The van der Waals surface area contributed by atoms with Crippen molar-refractivity contribution in [3.63, 3.8) is 0 Å². The number of hydrogen-bond acceptors (Lipinski definition) is 3. The Morgan fingerprint density at radius 3 is 2.33 bits per heavy atom. The third-order valence-electron chi connectivity index (χ3n) is 3.70. The van der Waals surface area contributed by atoms with Gasteiger partial charge >= 0.3 is 6.09 Å². The average Bonchev–Trinajstić information content (AvgIpc) is 2.25. The van der Waals surface area contributed by atoms with Crippen molar-refractivity contribution >= 4 is 6.09 Å². The summed E-state index contributed by atoms with van der Waals surface area (Å²) in [6, 6.07) is 0. The Bertz CT molecular complexity index is 275. The molecule has 1 heterocycles. The molecule has 1 fully saturated rings. The highest BCUT2D eigenvalue weighted by Crippen LogP contribution is 2.37. The van der Waals surface area contributed by atoms with E-state index in [1.807, 2.05) is 20.8 Å². The summed E-state index contributed by atoms with van der Waals surface area (Å²) in [5.74, 6) is 0.524. The molecule has 0 aromatic carbocycles. The molecule has 1 aliphatic heterocycles. The zero-order chi connectivity index (χ0) is 13.8. The Balaban J connectivity index is 2.50. The maximum atomic E-state index is 11.7. The van der Waals surface area contributed by atoms with Crippen LogP contribution >= 0.6 is 0 Å². The quantitative estimate of drug-likeness (QED) is 0.845. The van der Waals surface area contributed by atoms with E-state index in [0.29, 0.717) is 12.5 Å². The first-order valence-corrected chi connectivity index (χ1v) is 6.80. The summed E-state index contributed by atoms with van der Waals surface area (Å²) in [6.07, 6.45) is 1.68. The molecule has 1 rings (SSSR count). The number of carbonyl (C=O) groups is 1. The fourth-order valence-corrected chi connectivity index (χ4v) is 2.30. The Hall–Kier alpha value is -0.770. The van der Waals surface area contributed by atoms with Gasteiger partial charge in [0.25, 0.3) is 0 Å². The number of ether oxygens (including phenoxy) is 2. The molecule has 0 aliphatic carbocycles. The van der Waals surface area contributed by atoms with Crippen molar-refractivity contribution in [3.05, 3.63) is 0 Å². The Kier molecular flexibility index (Phi) is 5.02. The van der Waals surface area contributed by atoms with Crippen LogP contribution in [0.1, 0.15) is 47.5 Å². The van der Waals surface area contributed by atoms with E-state index in [0.717, 1.165) is 26.1 Å². The lowest BCUT2D eigenvalue weighted by Crippen LogP contribution is -2.45. The van der Waals surface area contributed by atoms with E-state index < -0.39 is 5.60 Å². The fourth-order valence-electron chi connectivity index (χ4n) is 2.30. The van der Waals surface area contributed by atoms with Crippen LogP contribution in [0.3, 0.4) is 0 Å². The molecular formula is C14H27NO3. The standard InChI is InChI=1S/C14H27NO3/c1-11(2)14(6-8-17-9-7-14)10-15-12(16)18-13(3,4)5/h11H,6-10H2,1-5H3,(H,15,16). The van der Waals surface area contributed by atoms with Gasteiger partial charge in [0.05, 0.1) is 0 Å². The van der Waals surface area contributed by atoms with E-state index in [9.17, 15) is 4.79 Å². The third kappa shape index (κ3) is 4.48. The zero-order valence-corrected chi connectivity index (χ0v) is 12.3. The molecule has 4 heteroatoms. The van der Waals surface area contributed by atoms with Crippen LogP contribution in [-0.2, 0) is 9.47 Å². The second-order valence-corrected chi connectivity index (χ2v) is 6.48. The second kappa shape index (κ2) is 5.91. The van der Waals surface area contributed by atoms with Gasteiger partial charge < -0.3 is 14.8 Å². The van der Waals surface area contributed by atoms with Crippen molar-refractivity contribution in [1.29, 1.82) is 0 Å². The van der Waals surface area contributed by atoms with Crippen LogP contribution in [0.4, 0.5) is 4.79 Å². The molecule has 0 atom stereocenters. The van der Waals surface area contributed by atoms with Crippen LogP contribution in [0.25, 0.3) is 0 Å². The predicted octanol–water partition coefficient (Wildman–Crippen LogP) is 2.96. The number of rotatable bonds is 3. The number of amides is 1. The molecule has 0 aromatic rings. The van der Waals surface area contributed by atoms with Gasteiger partial charge in [0.1, 0.15) is 5.60 Å². The maximum Gasteiger partial charge on any atom is 0.407 e. The van der Waals surface area contributed by atoms with Gasteiger partial charge in [0.15, 0.2) is 0 Å². The van der Waals surface area contributed by atoms with Gasteiger partial charge in [0.2, 0.25) is 0 Å².